The van der Waals surface area contributed by atoms with Crippen LogP contribution in [0.4, 0.5) is 11.5 Å². The quantitative estimate of drug-likeness (QED) is 0.551. The van der Waals surface area contributed by atoms with Crippen molar-refractivity contribution in [2.24, 2.45) is 0 Å². The number of rotatable bonds is 6. The molecule has 128 valence electrons. The number of nitrogen functional groups attached to an aromatic ring is 1. The number of aromatic nitrogens is 2. The molecule has 2 aromatic rings. The molecule has 7 heteroatoms. The lowest BCUT2D eigenvalue weighted by molar-refractivity contribution is -0.115. The number of carbonyl (C=O) groups is 1. The van der Waals surface area contributed by atoms with Crippen LogP contribution in [0.2, 0.25) is 0 Å². The second-order valence-corrected chi connectivity index (χ2v) is 6.71. The summed E-state index contributed by atoms with van der Waals surface area (Å²) in [4.78, 5) is 30.6. The van der Waals surface area contributed by atoms with E-state index in [2.05, 4.69) is 29.1 Å². The Kier molecular flexibility index (Phi) is 6.03. The van der Waals surface area contributed by atoms with Crippen molar-refractivity contribution in [3.63, 3.8) is 0 Å². The van der Waals surface area contributed by atoms with Gasteiger partial charge in [-0.15, -0.1) is 0 Å². The molecule has 2 rings (SSSR count). The third-order valence-electron chi connectivity index (χ3n) is 3.64. The minimum atomic E-state index is -0.426. The zero-order valence-corrected chi connectivity index (χ0v) is 14.9. The van der Waals surface area contributed by atoms with Gasteiger partial charge >= 0.3 is 0 Å². The van der Waals surface area contributed by atoms with E-state index in [0.29, 0.717) is 5.16 Å². The molecule has 4 N–H and O–H groups in total. The Hall–Kier alpha value is -2.28. The van der Waals surface area contributed by atoms with Gasteiger partial charge in [0.1, 0.15) is 5.82 Å². The van der Waals surface area contributed by atoms with Gasteiger partial charge in [-0.05, 0) is 30.9 Å². The summed E-state index contributed by atoms with van der Waals surface area (Å²) in [5.41, 5.74) is 8.33. The number of thioether (sulfide) groups is 1. The monoisotopic (exact) mass is 346 g/mol. The van der Waals surface area contributed by atoms with Gasteiger partial charge < -0.3 is 16.0 Å². The highest BCUT2D eigenvalue weighted by atomic mass is 32.2. The summed E-state index contributed by atoms with van der Waals surface area (Å²) in [7, 11) is 0. The van der Waals surface area contributed by atoms with Gasteiger partial charge in [0.05, 0.1) is 5.25 Å². The van der Waals surface area contributed by atoms with Crippen molar-refractivity contribution in [3.8, 4) is 0 Å². The Morgan fingerprint density at radius 1 is 1.33 bits per heavy atom. The molecule has 1 heterocycles. The van der Waals surface area contributed by atoms with E-state index in [1.165, 1.54) is 17.8 Å². The van der Waals surface area contributed by atoms with E-state index >= 15 is 0 Å². The standard InChI is InChI=1S/C17H22N4O2S/c1-4-11-7-6-8-12(5-2)15(11)21-16(23)10(3)24-17-19-13(18)9-14(22)20-17/h6-10H,4-5H2,1-3H3,(H,21,23)(H3,18,19,20,22). The summed E-state index contributed by atoms with van der Waals surface area (Å²) in [6, 6.07) is 7.25. The fourth-order valence-corrected chi connectivity index (χ4v) is 3.18. The Morgan fingerprint density at radius 2 is 1.96 bits per heavy atom. The van der Waals surface area contributed by atoms with Gasteiger partial charge in [-0.1, -0.05) is 43.8 Å². The lowest BCUT2D eigenvalue weighted by Crippen LogP contribution is -2.24. The summed E-state index contributed by atoms with van der Waals surface area (Å²) in [5, 5.41) is 2.93. The topological polar surface area (TPSA) is 101 Å². The molecule has 0 saturated carbocycles. The Morgan fingerprint density at radius 3 is 2.50 bits per heavy atom. The molecule has 1 unspecified atom stereocenters. The maximum atomic E-state index is 12.5. The number of aryl methyl sites for hydroxylation is 2. The first kappa shape index (κ1) is 18.1. The van der Waals surface area contributed by atoms with Crippen molar-refractivity contribution in [1.29, 1.82) is 0 Å². The maximum absolute atomic E-state index is 12.5. The molecule has 1 aromatic heterocycles. The fourth-order valence-electron chi connectivity index (χ4n) is 2.36. The van der Waals surface area contributed by atoms with Gasteiger partial charge in [-0.25, -0.2) is 4.98 Å². The van der Waals surface area contributed by atoms with Crippen LogP contribution >= 0.6 is 11.8 Å². The van der Waals surface area contributed by atoms with Crippen molar-refractivity contribution in [2.75, 3.05) is 11.1 Å². The Balaban J connectivity index is 2.16. The van der Waals surface area contributed by atoms with Crippen LogP contribution in [0, 0.1) is 0 Å². The Bertz CT molecular complexity index is 766. The number of hydrogen-bond donors (Lipinski definition) is 3. The summed E-state index contributed by atoms with van der Waals surface area (Å²) in [6.07, 6.45) is 1.68. The molecule has 0 radical (unpaired) electrons. The van der Waals surface area contributed by atoms with E-state index in [9.17, 15) is 9.59 Å². The molecule has 1 aromatic carbocycles. The molecular weight excluding hydrogens is 324 g/mol. The number of H-pyrrole nitrogens is 1. The largest absolute Gasteiger partial charge is 0.383 e. The van der Waals surface area contributed by atoms with E-state index in [-0.39, 0.29) is 17.3 Å². The molecule has 0 aliphatic rings. The van der Waals surface area contributed by atoms with Crippen molar-refractivity contribution >= 4 is 29.2 Å². The third kappa shape index (κ3) is 4.38. The molecule has 0 aliphatic carbocycles. The number of carbonyl (C=O) groups excluding carboxylic acids is 1. The number of aromatic amines is 1. The van der Waals surface area contributed by atoms with E-state index in [1.807, 2.05) is 18.2 Å². The minimum absolute atomic E-state index is 0.137. The molecule has 6 nitrogen and oxygen atoms in total. The molecule has 0 aliphatic heterocycles. The highest BCUT2D eigenvalue weighted by Crippen LogP contribution is 2.25. The number of benzene rings is 1. The van der Waals surface area contributed by atoms with Crippen molar-refractivity contribution in [2.45, 2.75) is 44.0 Å². The first-order chi connectivity index (χ1) is 11.4. The van der Waals surface area contributed by atoms with Gasteiger partial charge in [0.2, 0.25) is 5.91 Å². The first-order valence-corrected chi connectivity index (χ1v) is 8.77. The number of nitrogens with two attached hydrogens (primary N) is 1. The smallest absolute Gasteiger partial charge is 0.253 e. The Labute approximate surface area is 145 Å². The van der Waals surface area contributed by atoms with Crippen LogP contribution in [0.5, 0.6) is 0 Å². The predicted octanol–water partition coefficient (Wildman–Crippen LogP) is 2.60. The highest BCUT2D eigenvalue weighted by Gasteiger charge is 2.18. The van der Waals surface area contributed by atoms with Gasteiger partial charge in [0.25, 0.3) is 5.56 Å². The number of nitrogens with one attached hydrogen (secondary N) is 2. The van der Waals surface area contributed by atoms with E-state index in [4.69, 9.17) is 5.73 Å². The molecule has 0 bridgehead atoms. The van der Waals surface area contributed by atoms with Crippen molar-refractivity contribution < 1.29 is 4.79 Å². The van der Waals surface area contributed by atoms with E-state index in [0.717, 1.165) is 29.7 Å². The molecule has 0 spiro atoms. The number of anilines is 2. The van der Waals surface area contributed by atoms with Crippen LogP contribution in [0.1, 0.15) is 31.9 Å². The fraction of sp³-hybridized carbons (Fsp3) is 0.353. The van der Waals surface area contributed by atoms with Gasteiger partial charge in [0.15, 0.2) is 5.16 Å². The average molecular weight is 346 g/mol. The normalized spacial score (nSPS) is 12.0. The van der Waals surface area contributed by atoms with Crippen LogP contribution in [0.3, 0.4) is 0 Å². The van der Waals surface area contributed by atoms with Crippen molar-refractivity contribution in [3.05, 3.63) is 45.7 Å². The molecule has 1 atom stereocenters. The minimum Gasteiger partial charge on any atom is -0.383 e. The van der Waals surface area contributed by atoms with Gasteiger partial charge in [-0.3, -0.25) is 9.59 Å². The van der Waals surface area contributed by atoms with E-state index in [1.54, 1.807) is 6.92 Å². The number of nitrogens with zero attached hydrogens (tertiary/aromatic N) is 1. The molecular formula is C17H22N4O2S. The van der Waals surface area contributed by atoms with Crippen LogP contribution in [0.15, 0.2) is 34.2 Å². The molecule has 0 saturated heterocycles. The van der Waals surface area contributed by atoms with Crippen LogP contribution in [-0.4, -0.2) is 21.1 Å². The summed E-state index contributed by atoms with van der Waals surface area (Å²) in [6.45, 7) is 5.89. The summed E-state index contributed by atoms with van der Waals surface area (Å²) >= 11 is 1.17. The average Bonchev–Trinajstić information content (AvgIpc) is 2.53. The zero-order chi connectivity index (χ0) is 17.7. The molecule has 24 heavy (non-hydrogen) atoms. The predicted molar refractivity (Wildman–Crippen MR) is 98.4 cm³/mol. The molecule has 0 fully saturated rings. The lowest BCUT2D eigenvalue weighted by Gasteiger charge is -2.17. The van der Waals surface area contributed by atoms with Crippen LogP contribution < -0.4 is 16.6 Å². The third-order valence-corrected chi connectivity index (χ3v) is 4.63. The van der Waals surface area contributed by atoms with Crippen LogP contribution in [-0.2, 0) is 17.6 Å². The highest BCUT2D eigenvalue weighted by molar-refractivity contribution is 8.00. The van der Waals surface area contributed by atoms with Crippen molar-refractivity contribution in [1.82, 2.24) is 9.97 Å². The molecule has 1 amide bonds. The second kappa shape index (κ2) is 8.01. The lowest BCUT2D eigenvalue weighted by atomic mass is 10.0. The summed E-state index contributed by atoms with van der Waals surface area (Å²) in [5.74, 6) is -0.000806. The SMILES string of the molecule is CCc1cccc(CC)c1NC(=O)C(C)Sc1nc(N)cc(=O)[nH]1. The second-order valence-electron chi connectivity index (χ2n) is 5.38. The number of para-hydroxylation sites is 1. The van der Waals surface area contributed by atoms with E-state index < -0.39 is 5.25 Å². The first-order valence-electron chi connectivity index (χ1n) is 7.89. The number of hydrogen-bond acceptors (Lipinski definition) is 5. The van der Waals surface area contributed by atoms with Gasteiger partial charge in [0, 0.05) is 11.8 Å². The zero-order valence-electron chi connectivity index (χ0n) is 14.1. The summed E-state index contributed by atoms with van der Waals surface area (Å²) < 4.78 is 0. The van der Waals surface area contributed by atoms with Gasteiger partial charge in [-0.2, -0.15) is 0 Å². The maximum Gasteiger partial charge on any atom is 0.253 e. The van der Waals surface area contributed by atoms with Crippen LogP contribution in [0.25, 0.3) is 0 Å². The number of amides is 1.